The lowest BCUT2D eigenvalue weighted by Crippen LogP contribution is -2.56. The minimum Gasteiger partial charge on any atom is -0.328 e. The number of urea groups is 1. The third-order valence-corrected chi connectivity index (χ3v) is 4.80. The van der Waals surface area contributed by atoms with Crippen molar-refractivity contribution < 1.29 is 4.79 Å². The molecule has 2 amide bonds. The standard InChI is InChI=1S/C15H19N5O/c1-18-6-4-12-3-2-11(10-20(12)15(18)21)14-17-9-13-8-16-5-7-19(13)14/h5,7-9,11-12H,2-4,6,10H2,1H3/t11-,12?/m1/s1. The number of carbonyl (C=O) groups is 1. The lowest BCUT2D eigenvalue weighted by Gasteiger charge is -2.45. The number of hydrogen-bond acceptors (Lipinski definition) is 3. The smallest absolute Gasteiger partial charge is 0.320 e. The van der Waals surface area contributed by atoms with Gasteiger partial charge in [-0.05, 0) is 19.3 Å². The molecular formula is C15H19N5O. The summed E-state index contributed by atoms with van der Waals surface area (Å²) in [5, 5.41) is 0. The molecular weight excluding hydrogens is 266 g/mol. The summed E-state index contributed by atoms with van der Waals surface area (Å²) < 4.78 is 2.09. The molecule has 21 heavy (non-hydrogen) atoms. The molecule has 2 atom stereocenters. The van der Waals surface area contributed by atoms with Gasteiger partial charge in [0.15, 0.2) is 0 Å². The summed E-state index contributed by atoms with van der Waals surface area (Å²) >= 11 is 0. The van der Waals surface area contributed by atoms with Crippen LogP contribution in [0.3, 0.4) is 0 Å². The van der Waals surface area contributed by atoms with Crippen molar-refractivity contribution in [2.45, 2.75) is 31.2 Å². The highest BCUT2D eigenvalue weighted by Crippen LogP contribution is 2.33. The fraction of sp³-hybridized carbons (Fsp3) is 0.533. The summed E-state index contributed by atoms with van der Waals surface area (Å²) in [4.78, 5) is 24.9. The van der Waals surface area contributed by atoms with E-state index < -0.39 is 0 Å². The molecule has 0 N–H and O–H groups in total. The number of hydrogen-bond donors (Lipinski definition) is 0. The molecule has 2 saturated heterocycles. The fourth-order valence-electron chi connectivity index (χ4n) is 3.60. The molecule has 2 aromatic rings. The molecule has 4 rings (SSSR count). The van der Waals surface area contributed by atoms with Crippen molar-refractivity contribution in [3.05, 3.63) is 30.6 Å². The molecule has 0 bridgehead atoms. The van der Waals surface area contributed by atoms with Crippen LogP contribution in [-0.4, -0.2) is 56.4 Å². The van der Waals surface area contributed by atoms with Gasteiger partial charge in [-0.3, -0.25) is 4.98 Å². The topological polar surface area (TPSA) is 53.7 Å². The molecule has 2 fully saturated rings. The second-order valence-electron chi connectivity index (χ2n) is 6.06. The first-order valence-corrected chi connectivity index (χ1v) is 7.53. The van der Waals surface area contributed by atoms with Crippen molar-refractivity contribution in [1.82, 2.24) is 24.2 Å². The lowest BCUT2D eigenvalue weighted by molar-refractivity contribution is 0.0805. The molecule has 0 radical (unpaired) electrons. The van der Waals surface area contributed by atoms with Gasteiger partial charge in [0.25, 0.3) is 0 Å². The Morgan fingerprint density at radius 1 is 1.24 bits per heavy atom. The molecule has 2 aliphatic heterocycles. The van der Waals surface area contributed by atoms with Gasteiger partial charge in [-0.25, -0.2) is 9.78 Å². The summed E-state index contributed by atoms with van der Waals surface area (Å²) in [5.74, 6) is 1.36. The van der Waals surface area contributed by atoms with Crippen LogP contribution in [0.1, 0.15) is 31.0 Å². The number of fused-ring (bicyclic) bond motifs is 2. The molecule has 0 saturated carbocycles. The zero-order chi connectivity index (χ0) is 14.4. The Labute approximate surface area is 123 Å². The Morgan fingerprint density at radius 2 is 2.14 bits per heavy atom. The first kappa shape index (κ1) is 12.6. The van der Waals surface area contributed by atoms with Gasteiger partial charge < -0.3 is 14.2 Å². The van der Waals surface area contributed by atoms with E-state index in [1.807, 2.05) is 35.4 Å². The number of nitrogens with zero attached hydrogens (tertiary/aromatic N) is 5. The molecule has 2 aliphatic rings. The molecule has 0 spiro atoms. The molecule has 0 aromatic carbocycles. The van der Waals surface area contributed by atoms with Crippen LogP contribution in [0.5, 0.6) is 0 Å². The van der Waals surface area contributed by atoms with E-state index in [1.54, 1.807) is 6.20 Å². The van der Waals surface area contributed by atoms with Gasteiger partial charge in [-0.15, -0.1) is 0 Å². The summed E-state index contributed by atoms with van der Waals surface area (Å²) in [6, 6.07) is 0.580. The molecule has 110 valence electrons. The van der Waals surface area contributed by atoms with Crippen LogP contribution in [0.2, 0.25) is 0 Å². The first-order chi connectivity index (χ1) is 10.2. The minimum absolute atomic E-state index is 0.165. The minimum atomic E-state index is 0.165. The number of imidazole rings is 1. The highest BCUT2D eigenvalue weighted by Gasteiger charge is 2.37. The van der Waals surface area contributed by atoms with E-state index in [0.717, 1.165) is 43.7 Å². The molecule has 4 heterocycles. The van der Waals surface area contributed by atoms with Crippen LogP contribution >= 0.6 is 0 Å². The second-order valence-corrected chi connectivity index (χ2v) is 6.06. The van der Waals surface area contributed by atoms with Crippen molar-refractivity contribution in [2.24, 2.45) is 0 Å². The summed E-state index contributed by atoms with van der Waals surface area (Å²) in [6.45, 7) is 1.65. The molecule has 6 nitrogen and oxygen atoms in total. The van der Waals surface area contributed by atoms with Gasteiger partial charge in [-0.1, -0.05) is 0 Å². The van der Waals surface area contributed by atoms with Crippen molar-refractivity contribution in [3.8, 4) is 0 Å². The van der Waals surface area contributed by atoms with Gasteiger partial charge in [0.2, 0.25) is 0 Å². The molecule has 1 unspecified atom stereocenters. The third-order valence-electron chi connectivity index (χ3n) is 4.80. The highest BCUT2D eigenvalue weighted by atomic mass is 16.2. The third kappa shape index (κ3) is 1.97. The summed E-state index contributed by atoms with van der Waals surface area (Å²) in [6.07, 6.45) is 10.7. The van der Waals surface area contributed by atoms with E-state index in [1.165, 1.54) is 0 Å². The van der Waals surface area contributed by atoms with E-state index in [9.17, 15) is 4.79 Å². The fourth-order valence-corrected chi connectivity index (χ4v) is 3.60. The Bertz CT molecular complexity index is 682. The predicted molar refractivity (Wildman–Crippen MR) is 78.1 cm³/mol. The maximum absolute atomic E-state index is 12.4. The maximum Gasteiger partial charge on any atom is 0.320 e. The number of rotatable bonds is 1. The zero-order valence-electron chi connectivity index (χ0n) is 12.1. The van der Waals surface area contributed by atoms with Gasteiger partial charge in [0, 0.05) is 44.5 Å². The number of piperidine rings is 1. The average molecular weight is 285 g/mol. The van der Waals surface area contributed by atoms with Crippen LogP contribution in [0.25, 0.3) is 5.52 Å². The SMILES string of the molecule is CN1CCC2CC[C@@H](c3ncc4cnccn34)CN2C1=O. The molecule has 2 aromatic heterocycles. The predicted octanol–water partition coefficient (Wildman–Crippen LogP) is 1.73. The van der Waals surface area contributed by atoms with Crippen molar-refractivity contribution in [2.75, 3.05) is 20.1 Å². The summed E-state index contributed by atoms with van der Waals surface area (Å²) in [5.41, 5.74) is 1.01. The quantitative estimate of drug-likeness (QED) is 0.802. The first-order valence-electron chi connectivity index (χ1n) is 7.53. The van der Waals surface area contributed by atoms with Crippen LogP contribution in [-0.2, 0) is 0 Å². The van der Waals surface area contributed by atoms with Gasteiger partial charge in [0.1, 0.15) is 5.82 Å². The highest BCUT2D eigenvalue weighted by molar-refractivity contribution is 5.75. The Hall–Kier alpha value is -2.11. The van der Waals surface area contributed by atoms with Crippen LogP contribution in [0, 0.1) is 0 Å². The Morgan fingerprint density at radius 3 is 3.05 bits per heavy atom. The monoisotopic (exact) mass is 285 g/mol. The largest absolute Gasteiger partial charge is 0.328 e. The van der Waals surface area contributed by atoms with Gasteiger partial charge >= 0.3 is 6.03 Å². The summed E-state index contributed by atoms with van der Waals surface area (Å²) in [7, 11) is 1.89. The van der Waals surface area contributed by atoms with Crippen LogP contribution < -0.4 is 0 Å². The Balaban J connectivity index is 1.64. The average Bonchev–Trinajstić information content (AvgIpc) is 2.95. The van der Waals surface area contributed by atoms with E-state index in [4.69, 9.17) is 0 Å². The Kier molecular flexibility index (Phi) is 2.83. The van der Waals surface area contributed by atoms with E-state index in [-0.39, 0.29) is 6.03 Å². The van der Waals surface area contributed by atoms with E-state index in [0.29, 0.717) is 12.0 Å². The van der Waals surface area contributed by atoms with Gasteiger partial charge in [-0.2, -0.15) is 0 Å². The van der Waals surface area contributed by atoms with Gasteiger partial charge in [0.05, 0.1) is 17.9 Å². The van der Waals surface area contributed by atoms with Crippen LogP contribution in [0.4, 0.5) is 4.79 Å². The number of amides is 2. The normalized spacial score (nSPS) is 26.2. The van der Waals surface area contributed by atoms with E-state index in [2.05, 4.69) is 14.4 Å². The lowest BCUT2D eigenvalue weighted by atomic mass is 9.89. The second kappa shape index (κ2) is 4.72. The number of carbonyl (C=O) groups excluding carboxylic acids is 1. The van der Waals surface area contributed by atoms with E-state index >= 15 is 0 Å². The van der Waals surface area contributed by atoms with Crippen molar-refractivity contribution in [1.29, 1.82) is 0 Å². The van der Waals surface area contributed by atoms with Crippen LogP contribution in [0.15, 0.2) is 24.8 Å². The maximum atomic E-state index is 12.4. The molecule has 0 aliphatic carbocycles. The zero-order valence-corrected chi connectivity index (χ0v) is 12.1. The molecule has 6 heteroatoms. The number of aromatic nitrogens is 3. The van der Waals surface area contributed by atoms with Crippen molar-refractivity contribution in [3.63, 3.8) is 0 Å². The van der Waals surface area contributed by atoms with Crippen molar-refractivity contribution >= 4 is 11.5 Å².